The average molecular weight is 337 g/mol. The molecule has 0 N–H and O–H groups in total. The molecule has 21 heavy (non-hydrogen) atoms. The van der Waals surface area contributed by atoms with Crippen molar-refractivity contribution in [3.63, 3.8) is 0 Å². The third kappa shape index (κ3) is 5.33. The Bertz CT molecular complexity index is 602. The lowest BCUT2D eigenvalue weighted by atomic mass is 10.2. The van der Waals surface area contributed by atoms with E-state index in [2.05, 4.69) is 12.1 Å². The first-order valence-electron chi connectivity index (χ1n) is 5.92. The molecule has 2 aromatic rings. The van der Waals surface area contributed by atoms with E-state index in [-0.39, 0.29) is 24.8 Å². The van der Waals surface area contributed by atoms with Gasteiger partial charge in [0.1, 0.15) is 0 Å². The second kappa shape index (κ2) is 10.1. The van der Waals surface area contributed by atoms with Crippen LogP contribution in [0.15, 0.2) is 58.3 Å². The van der Waals surface area contributed by atoms with Crippen LogP contribution in [0.1, 0.15) is 11.1 Å². The fourth-order valence-corrected chi connectivity index (χ4v) is 2.86. The summed E-state index contributed by atoms with van der Waals surface area (Å²) in [6.45, 7) is 0. The highest BCUT2D eigenvalue weighted by atomic mass is 35.5. The van der Waals surface area contributed by atoms with E-state index in [0.717, 1.165) is 20.9 Å². The standard InChI is InChI=1S/C16H12N2S.2ClH/c17-11-9-13-5-1-3-7-15(13)19-16-8-4-2-6-14(16)10-12-18;;/h1-8H,9-10H2;2*1H. The van der Waals surface area contributed by atoms with E-state index in [1.54, 1.807) is 11.8 Å². The molecule has 0 aliphatic heterocycles. The summed E-state index contributed by atoms with van der Waals surface area (Å²) in [6.07, 6.45) is 0.813. The van der Waals surface area contributed by atoms with E-state index >= 15 is 0 Å². The molecule has 0 aliphatic carbocycles. The van der Waals surface area contributed by atoms with Crippen molar-refractivity contribution in [2.45, 2.75) is 22.6 Å². The maximum atomic E-state index is 8.85. The molecule has 2 aromatic carbocycles. The number of hydrogen-bond donors (Lipinski definition) is 0. The lowest BCUT2D eigenvalue weighted by Crippen LogP contribution is -1.89. The molecule has 0 aliphatic rings. The highest BCUT2D eigenvalue weighted by molar-refractivity contribution is 7.99. The Morgan fingerprint density at radius 2 is 1.10 bits per heavy atom. The quantitative estimate of drug-likeness (QED) is 0.804. The van der Waals surface area contributed by atoms with Crippen LogP contribution in [0.4, 0.5) is 0 Å². The Hall–Kier alpha value is -1.65. The van der Waals surface area contributed by atoms with Gasteiger partial charge in [0.2, 0.25) is 0 Å². The summed E-state index contributed by atoms with van der Waals surface area (Å²) in [5.41, 5.74) is 2.06. The molecule has 0 saturated heterocycles. The molecule has 0 saturated carbocycles. The molecule has 0 spiro atoms. The maximum absolute atomic E-state index is 8.85. The van der Waals surface area contributed by atoms with Crippen LogP contribution in [-0.4, -0.2) is 0 Å². The van der Waals surface area contributed by atoms with Gasteiger partial charge in [-0.05, 0) is 23.3 Å². The summed E-state index contributed by atoms with van der Waals surface area (Å²) in [5, 5.41) is 17.7. The van der Waals surface area contributed by atoms with Gasteiger partial charge in [-0.15, -0.1) is 24.8 Å². The molecule has 0 heterocycles. The molecule has 0 fully saturated rings. The molecule has 0 radical (unpaired) electrons. The van der Waals surface area contributed by atoms with E-state index in [4.69, 9.17) is 10.5 Å². The van der Waals surface area contributed by atoms with Gasteiger partial charge in [0.15, 0.2) is 0 Å². The summed E-state index contributed by atoms with van der Waals surface area (Å²) in [5.74, 6) is 0. The van der Waals surface area contributed by atoms with E-state index in [1.807, 2.05) is 48.5 Å². The summed E-state index contributed by atoms with van der Waals surface area (Å²) in [7, 11) is 0. The van der Waals surface area contributed by atoms with Crippen LogP contribution in [0, 0.1) is 22.7 Å². The van der Waals surface area contributed by atoms with E-state index < -0.39 is 0 Å². The molecule has 5 heteroatoms. The Kier molecular flexibility index (Phi) is 9.34. The first-order chi connectivity index (χ1) is 9.35. The van der Waals surface area contributed by atoms with Gasteiger partial charge < -0.3 is 0 Å². The van der Waals surface area contributed by atoms with E-state index in [9.17, 15) is 0 Å². The zero-order valence-electron chi connectivity index (χ0n) is 11.2. The molecule has 0 bridgehead atoms. The van der Waals surface area contributed by atoms with Crippen molar-refractivity contribution < 1.29 is 0 Å². The average Bonchev–Trinajstić information content (AvgIpc) is 2.44. The van der Waals surface area contributed by atoms with E-state index in [1.165, 1.54) is 0 Å². The fourth-order valence-electron chi connectivity index (χ4n) is 1.79. The van der Waals surface area contributed by atoms with Gasteiger partial charge in [0.05, 0.1) is 25.0 Å². The Labute approximate surface area is 141 Å². The van der Waals surface area contributed by atoms with Gasteiger partial charge in [-0.2, -0.15) is 10.5 Å². The predicted molar refractivity (Wildman–Crippen MR) is 90.1 cm³/mol. The van der Waals surface area contributed by atoms with Crippen LogP contribution >= 0.6 is 36.6 Å². The Morgan fingerprint density at radius 3 is 1.48 bits per heavy atom. The van der Waals surface area contributed by atoms with Crippen LogP contribution in [0.25, 0.3) is 0 Å². The Morgan fingerprint density at radius 1 is 0.714 bits per heavy atom. The zero-order valence-corrected chi connectivity index (χ0v) is 13.6. The molecular weight excluding hydrogens is 323 g/mol. The second-order valence-electron chi connectivity index (χ2n) is 3.99. The lowest BCUT2D eigenvalue weighted by molar-refractivity contribution is 1.16. The minimum absolute atomic E-state index is 0. The third-order valence-electron chi connectivity index (χ3n) is 2.70. The van der Waals surface area contributed by atoms with Gasteiger partial charge >= 0.3 is 0 Å². The van der Waals surface area contributed by atoms with Gasteiger partial charge in [0, 0.05) is 9.79 Å². The number of rotatable bonds is 4. The topological polar surface area (TPSA) is 47.6 Å². The van der Waals surface area contributed by atoms with Gasteiger partial charge in [-0.25, -0.2) is 0 Å². The van der Waals surface area contributed by atoms with Crippen LogP contribution < -0.4 is 0 Å². The SMILES string of the molecule is Cl.Cl.N#CCc1ccccc1Sc1ccccc1CC#N. The molecule has 2 rings (SSSR count). The largest absolute Gasteiger partial charge is 0.198 e. The molecular formula is C16H14Cl2N2S. The molecule has 108 valence electrons. The summed E-state index contributed by atoms with van der Waals surface area (Å²) in [4.78, 5) is 2.16. The predicted octanol–water partition coefficient (Wildman–Crippen LogP) is 4.81. The highest BCUT2D eigenvalue weighted by Gasteiger charge is 2.07. The van der Waals surface area contributed by atoms with Crippen molar-refractivity contribution in [2.75, 3.05) is 0 Å². The molecule has 0 amide bonds. The van der Waals surface area contributed by atoms with Crippen LogP contribution in [0.2, 0.25) is 0 Å². The number of nitrogens with zero attached hydrogens (tertiary/aromatic N) is 2. The summed E-state index contributed by atoms with van der Waals surface area (Å²) < 4.78 is 0. The molecule has 2 nitrogen and oxygen atoms in total. The minimum Gasteiger partial charge on any atom is -0.198 e. The normalized spacial score (nSPS) is 8.67. The summed E-state index contributed by atoms with van der Waals surface area (Å²) in [6, 6.07) is 20.2. The fraction of sp³-hybridized carbons (Fsp3) is 0.125. The number of nitriles is 2. The maximum Gasteiger partial charge on any atom is 0.0670 e. The van der Waals surface area contributed by atoms with Crippen molar-refractivity contribution in [3.05, 3.63) is 59.7 Å². The van der Waals surface area contributed by atoms with Crippen molar-refractivity contribution in [1.29, 1.82) is 10.5 Å². The van der Waals surface area contributed by atoms with E-state index in [0.29, 0.717) is 12.8 Å². The monoisotopic (exact) mass is 336 g/mol. The lowest BCUT2D eigenvalue weighted by Gasteiger charge is -2.09. The van der Waals surface area contributed by atoms with Gasteiger partial charge in [0.25, 0.3) is 0 Å². The molecule has 0 aromatic heterocycles. The highest BCUT2D eigenvalue weighted by Crippen LogP contribution is 2.33. The summed E-state index contributed by atoms with van der Waals surface area (Å²) >= 11 is 1.62. The zero-order chi connectivity index (χ0) is 13.5. The second-order valence-corrected chi connectivity index (χ2v) is 5.07. The van der Waals surface area contributed by atoms with Crippen molar-refractivity contribution in [3.8, 4) is 12.1 Å². The number of hydrogen-bond acceptors (Lipinski definition) is 3. The first kappa shape index (κ1) is 19.4. The number of halogens is 2. The van der Waals surface area contributed by atoms with Crippen LogP contribution in [-0.2, 0) is 12.8 Å². The number of benzene rings is 2. The van der Waals surface area contributed by atoms with Crippen LogP contribution in [0.3, 0.4) is 0 Å². The van der Waals surface area contributed by atoms with Crippen LogP contribution in [0.5, 0.6) is 0 Å². The van der Waals surface area contributed by atoms with Gasteiger partial charge in [-0.3, -0.25) is 0 Å². The first-order valence-corrected chi connectivity index (χ1v) is 6.74. The molecule has 0 unspecified atom stereocenters. The minimum atomic E-state index is 0. The third-order valence-corrected chi connectivity index (χ3v) is 3.94. The smallest absolute Gasteiger partial charge is 0.0670 e. The molecule has 0 atom stereocenters. The van der Waals surface area contributed by atoms with Crippen molar-refractivity contribution >= 4 is 36.6 Å². The van der Waals surface area contributed by atoms with Crippen molar-refractivity contribution in [1.82, 2.24) is 0 Å². The Balaban J connectivity index is 0.00000200. The van der Waals surface area contributed by atoms with Gasteiger partial charge in [-0.1, -0.05) is 48.2 Å². The van der Waals surface area contributed by atoms with Crippen molar-refractivity contribution in [2.24, 2.45) is 0 Å².